The monoisotopic (exact) mass is 301 g/mol. The lowest BCUT2D eigenvalue weighted by Gasteiger charge is -2.29. The van der Waals surface area contributed by atoms with E-state index in [0.29, 0.717) is 11.4 Å². The Bertz CT molecular complexity index is 581. The quantitative estimate of drug-likeness (QED) is 0.600. The number of hydrogen-bond donors (Lipinski definition) is 2. The van der Waals surface area contributed by atoms with E-state index in [4.69, 9.17) is 4.74 Å². The Balaban J connectivity index is 2.00. The second-order valence-corrected chi connectivity index (χ2v) is 5.33. The van der Waals surface area contributed by atoms with Crippen molar-refractivity contribution in [2.75, 3.05) is 45.7 Å². The highest BCUT2D eigenvalue weighted by atomic mass is 16.5. The molecule has 6 heteroatoms. The molecule has 1 saturated heterocycles. The Morgan fingerprint density at radius 3 is 2.55 bits per heavy atom. The van der Waals surface area contributed by atoms with Crippen LogP contribution in [0, 0.1) is 11.3 Å². The fourth-order valence-electron chi connectivity index (χ4n) is 2.23. The van der Waals surface area contributed by atoms with E-state index in [1.54, 1.807) is 37.6 Å². The number of nitrogens with zero attached hydrogens (tertiary/aromatic N) is 2. The van der Waals surface area contributed by atoms with Crippen LogP contribution in [-0.2, 0) is 4.79 Å². The molecular formula is C16H21N4O2+. The van der Waals surface area contributed by atoms with Crippen molar-refractivity contribution in [3.05, 3.63) is 36.0 Å². The van der Waals surface area contributed by atoms with Gasteiger partial charge in [-0.2, -0.15) is 5.26 Å². The summed E-state index contributed by atoms with van der Waals surface area (Å²) in [5.41, 5.74) is 0.755. The lowest BCUT2D eigenvalue weighted by atomic mass is 10.2. The normalized spacial score (nSPS) is 16.0. The molecule has 0 spiro atoms. The van der Waals surface area contributed by atoms with Gasteiger partial charge in [0, 0.05) is 11.9 Å². The zero-order valence-corrected chi connectivity index (χ0v) is 12.9. The van der Waals surface area contributed by atoms with Crippen molar-refractivity contribution in [1.82, 2.24) is 4.90 Å². The number of amides is 1. The first-order valence-corrected chi connectivity index (χ1v) is 7.25. The maximum atomic E-state index is 12.2. The van der Waals surface area contributed by atoms with Gasteiger partial charge in [-0.15, -0.1) is 0 Å². The standard InChI is InChI=1S/C16H20N4O2/c1-19-7-9-20(10-8-19)12-13(11-17)16(21)18-14-3-5-15(22-2)6-4-14/h3-6,12H,7-10H2,1-2H3,(H,18,21)/p+1/b13-12+. The number of carbonyl (C=O) groups excluding carboxylic acids is 1. The number of ether oxygens (including phenoxy) is 1. The molecule has 1 aliphatic heterocycles. The summed E-state index contributed by atoms with van der Waals surface area (Å²) in [5.74, 6) is 0.327. The van der Waals surface area contributed by atoms with Crippen molar-refractivity contribution >= 4 is 11.6 Å². The predicted octanol–water partition coefficient (Wildman–Crippen LogP) is -0.129. The zero-order chi connectivity index (χ0) is 15.9. The summed E-state index contributed by atoms with van der Waals surface area (Å²) in [7, 11) is 3.73. The number of anilines is 1. The van der Waals surface area contributed by atoms with Crippen LogP contribution in [0.5, 0.6) is 5.75 Å². The van der Waals surface area contributed by atoms with Gasteiger partial charge >= 0.3 is 0 Å². The molecule has 6 nitrogen and oxygen atoms in total. The highest BCUT2D eigenvalue weighted by Crippen LogP contribution is 2.15. The van der Waals surface area contributed by atoms with Crippen molar-refractivity contribution in [3.8, 4) is 11.8 Å². The SMILES string of the molecule is COc1ccc(NC(=O)/C(C#N)=C/N2CC[NH+](C)CC2)cc1. The van der Waals surface area contributed by atoms with Crippen molar-refractivity contribution in [1.29, 1.82) is 5.26 Å². The fraction of sp³-hybridized carbons (Fsp3) is 0.375. The smallest absolute Gasteiger partial charge is 0.267 e. The van der Waals surface area contributed by atoms with Gasteiger partial charge in [0.25, 0.3) is 5.91 Å². The first kappa shape index (κ1) is 15.9. The van der Waals surface area contributed by atoms with Crippen LogP contribution >= 0.6 is 0 Å². The van der Waals surface area contributed by atoms with E-state index in [-0.39, 0.29) is 11.5 Å². The number of hydrogen-bond acceptors (Lipinski definition) is 4. The summed E-state index contributed by atoms with van der Waals surface area (Å²) in [6.45, 7) is 3.73. The third kappa shape index (κ3) is 4.24. The Labute approximate surface area is 130 Å². The van der Waals surface area contributed by atoms with E-state index in [1.807, 2.05) is 11.0 Å². The third-order valence-corrected chi connectivity index (χ3v) is 3.68. The maximum Gasteiger partial charge on any atom is 0.267 e. The van der Waals surface area contributed by atoms with E-state index in [9.17, 15) is 10.1 Å². The Hall–Kier alpha value is -2.52. The number of benzene rings is 1. The van der Waals surface area contributed by atoms with Crippen LogP contribution in [0.25, 0.3) is 0 Å². The number of carbonyl (C=O) groups is 1. The Morgan fingerprint density at radius 2 is 2.00 bits per heavy atom. The van der Waals surface area contributed by atoms with Crippen molar-refractivity contribution in [2.24, 2.45) is 0 Å². The van der Waals surface area contributed by atoms with E-state index in [2.05, 4.69) is 12.4 Å². The molecule has 1 aliphatic rings. The lowest BCUT2D eigenvalue weighted by Crippen LogP contribution is -3.11. The highest BCUT2D eigenvalue weighted by molar-refractivity contribution is 6.06. The second-order valence-electron chi connectivity index (χ2n) is 5.33. The summed E-state index contributed by atoms with van der Waals surface area (Å²) < 4.78 is 5.07. The third-order valence-electron chi connectivity index (χ3n) is 3.68. The molecule has 1 aromatic rings. The average molecular weight is 301 g/mol. The minimum absolute atomic E-state index is 0.121. The number of nitriles is 1. The van der Waals surface area contributed by atoms with Gasteiger partial charge in [-0.3, -0.25) is 4.79 Å². The minimum Gasteiger partial charge on any atom is -0.497 e. The van der Waals surface area contributed by atoms with Gasteiger partial charge in [0.15, 0.2) is 0 Å². The first-order chi connectivity index (χ1) is 10.6. The van der Waals surface area contributed by atoms with Crippen LogP contribution < -0.4 is 15.0 Å². The molecule has 2 N–H and O–H groups in total. The molecule has 1 aromatic carbocycles. The average Bonchev–Trinajstić information content (AvgIpc) is 2.55. The van der Waals surface area contributed by atoms with E-state index in [0.717, 1.165) is 26.2 Å². The van der Waals surface area contributed by atoms with Crippen LogP contribution in [0.1, 0.15) is 0 Å². The van der Waals surface area contributed by atoms with E-state index in [1.165, 1.54) is 4.90 Å². The van der Waals surface area contributed by atoms with Gasteiger partial charge in [0.05, 0.1) is 40.3 Å². The van der Waals surface area contributed by atoms with Crippen LogP contribution in [0.3, 0.4) is 0 Å². The largest absolute Gasteiger partial charge is 0.497 e. The first-order valence-electron chi connectivity index (χ1n) is 7.25. The topological polar surface area (TPSA) is 69.8 Å². The highest BCUT2D eigenvalue weighted by Gasteiger charge is 2.17. The number of piperazine rings is 1. The molecule has 1 fully saturated rings. The zero-order valence-electron chi connectivity index (χ0n) is 12.9. The molecule has 116 valence electrons. The van der Waals surface area contributed by atoms with Crippen LogP contribution in [0.4, 0.5) is 5.69 Å². The number of rotatable bonds is 4. The molecule has 0 bridgehead atoms. The van der Waals surface area contributed by atoms with Crippen LogP contribution in [-0.4, -0.2) is 51.1 Å². The van der Waals surface area contributed by atoms with E-state index < -0.39 is 0 Å². The number of nitrogens with one attached hydrogen (secondary N) is 2. The molecule has 0 unspecified atom stereocenters. The molecule has 1 amide bonds. The summed E-state index contributed by atoms with van der Waals surface area (Å²) in [6.07, 6.45) is 1.66. The molecule has 22 heavy (non-hydrogen) atoms. The minimum atomic E-state index is -0.390. The van der Waals surface area contributed by atoms with Gasteiger partial charge in [-0.05, 0) is 24.3 Å². The molecule has 0 atom stereocenters. The number of likely N-dealkylation sites (N-methyl/N-ethyl adjacent to an activating group) is 1. The Kier molecular flexibility index (Phi) is 5.39. The van der Waals surface area contributed by atoms with Gasteiger partial charge in [0.2, 0.25) is 0 Å². The lowest BCUT2D eigenvalue weighted by molar-refractivity contribution is -0.883. The van der Waals surface area contributed by atoms with Crippen LogP contribution in [0.2, 0.25) is 0 Å². The summed E-state index contributed by atoms with van der Waals surface area (Å²) in [5, 5.41) is 11.9. The summed E-state index contributed by atoms with van der Waals surface area (Å²) >= 11 is 0. The summed E-state index contributed by atoms with van der Waals surface area (Å²) in [6, 6.07) is 8.98. The second kappa shape index (κ2) is 7.48. The molecule has 0 aromatic heterocycles. The molecule has 0 radical (unpaired) electrons. The van der Waals surface area contributed by atoms with Gasteiger partial charge in [-0.1, -0.05) is 0 Å². The van der Waals surface area contributed by atoms with Crippen LogP contribution in [0.15, 0.2) is 36.0 Å². The van der Waals surface area contributed by atoms with Crippen molar-refractivity contribution < 1.29 is 14.4 Å². The number of quaternary nitrogens is 1. The predicted molar refractivity (Wildman–Crippen MR) is 83.5 cm³/mol. The van der Waals surface area contributed by atoms with Gasteiger partial charge < -0.3 is 19.9 Å². The van der Waals surface area contributed by atoms with Gasteiger partial charge in [-0.25, -0.2) is 0 Å². The van der Waals surface area contributed by atoms with E-state index >= 15 is 0 Å². The maximum absolute atomic E-state index is 12.2. The number of methoxy groups -OCH3 is 1. The molecule has 1 heterocycles. The van der Waals surface area contributed by atoms with Crippen molar-refractivity contribution in [3.63, 3.8) is 0 Å². The molecule has 0 aliphatic carbocycles. The Morgan fingerprint density at radius 1 is 1.36 bits per heavy atom. The molecule has 2 rings (SSSR count). The molecule has 0 saturated carbocycles. The summed E-state index contributed by atoms with van der Waals surface area (Å²) in [4.78, 5) is 15.7. The molecular weight excluding hydrogens is 280 g/mol. The van der Waals surface area contributed by atoms with Gasteiger partial charge in [0.1, 0.15) is 17.4 Å². The fourth-order valence-corrected chi connectivity index (χ4v) is 2.23. The van der Waals surface area contributed by atoms with Crippen molar-refractivity contribution in [2.45, 2.75) is 0 Å².